The molecule has 8 atom stereocenters. The number of nitrogens with zero attached hydrogens (tertiary/aromatic N) is 1. The molecule has 170 valence electrons. The topological polar surface area (TPSA) is 76.0 Å². The van der Waals surface area contributed by atoms with Crippen molar-refractivity contribution in [1.29, 1.82) is 0 Å². The highest BCUT2D eigenvalue weighted by molar-refractivity contribution is 6.03. The maximum Gasteiger partial charge on any atom is 0.315 e. The van der Waals surface area contributed by atoms with E-state index in [0.717, 1.165) is 56.1 Å². The fourth-order valence-electron chi connectivity index (χ4n) is 9.00. The van der Waals surface area contributed by atoms with E-state index in [1.165, 1.54) is 0 Å². The van der Waals surface area contributed by atoms with Gasteiger partial charge >= 0.3 is 5.97 Å². The van der Waals surface area contributed by atoms with Gasteiger partial charge in [-0.1, -0.05) is 57.3 Å². The second-order valence-electron chi connectivity index (χ2n) is 11.4. The fraction of sp³-hybridized carbons (Fsp3) is 0.808. The van der Waals surface area contributed by atoms with Crippen LogP contribution in [0, 0.1) is 45.8 Å². The molecule has 0 aromatic carbocycles. The second kappa shape index (κ2) is 6.92. The van der Waals surface area contributed by atoms with Crippen LogP contribution in [0.15, 0.2) is 16.8 Å². The standard InChI is InChI=1S/C26H37NO4/c1-5-6-7-18-11-22(27-31-18)25-13-19-16(4)8-9-20(19)24(14-28)12-17(25)10-21(15(2)3)26(24,25)23(29)30/h10,14-20H,5-9,11-13H2,1-4H3,(H,29,30)/t16-,17?,18?,19-,20-,24?,25?,26+/m1/s1. The Labute approximate surface area is 185 Å². The van der Waals surface area contributed by atoms with Crippen LogP contribution in [0.25, 0.3) is 0 Å². The Hall–Kier alpha value is -1.65. The summed E-state index contributed by atoms with van der Waals surface area (Å²) in [5.41, 5.74) is -0.696. The summed E-state index contributed by atoms with van der Waals surface area (Å²) in [6.07, 6.45) is 10.8. The molecule has 4 bridgehead atoms. The number of carboxylic acids is 1. The third-order valence-corrected chi connectivity index (χ3v) is 10.1. The molecule has 5 nitrogen and oxygen atoms in total. The number of oxime groups is 1. The molecular weight excluding hydrogens is 390 g/mol. The van der Waals surface area contributed by atoms with Gasteiger partial charge in [0.15, 0.2) is 0 Å². The van der Waals surface area contributed by atoms with E-state index in [-0.39, 0.29) is 23.9 Å². The number of carbonyl (C=O) groups is 2. The van der Waals surface area contributed by atoms with Gasteiger partial charge in [-0.25, -0.2) is 0 Å². The predicted octanol–water partition coefficient (Wildman–Crippen LogP) is 5.25. The lowest BCUT2D eigenvalue weighted by Gasteiger charge is -2.58. The van der Waals surface area contributed by atoms with Crippen molar-refractivity contribution in [3.63, 3.8) is 0 Å². The quantitative estimate of drug-likeness (QED) is 0.445. The molecule has 0 aromatic heterocycles. The minimum atomic E-state index is -1.17. The lowest BCUT2D eigenvalue weighted by Crippen LogP contribution is -2.64. The molecule has 5 aliphatic rings. The van der Waals surface area contributed by atoms with E-state index >= 15 is 0 Å². The highest BCUT2D eigenvalue weighted by Crippen LogP contribution is 2.83. The van der Waals surface area contributed by atoms with Crippen LogP contribution in [-0.4, -0.2) is 29.2 Å². The van der Waals surface area contributed by atoms with E-state index in [1.54, 1.807) is 0 Å². The van der Waals surface area contributed by atoms with Crippen LogP contribution in [0.3, 0.4) is 0 Å². The molecule has 0 radical (unpaired) electrons. The highest BCUT2D eigenvalue weighted by atomic mass is 16.6. The van der Waals surface area contributed by atoms with E-state index in [4.69, 9.17) is 4.84 Å². The number of hydrogen-bond acceptors (Lipinski definition) is 4. The number of carbonyl (C=O) groups excluding carboxylic acids is 1. The van der Waals surface area contributed by atoms with E-state index in [9.17, 15) is 14.7 Å². The SMILES string of the molecule is CCCCC1CC(C23C[C@@H]4[C@H](C)CC[C@H]4C4(C=O)CC2C=C(C(C)C)[C@@]34C(=O)O)=NO1. The zero-order chi connectivity index (χ0) is 22.2. The van der Waals surface area contributed by atoms with Crippen LogP contribution in [0.1, 0.15) is 79.1 Å². The smallest absolute Gasteiger partial charge is 0.315 e. The largest absolute Gasteiger partial charge is 0.481 e. The summed E-state index contributed by atoms with van der Waals surface area (Å²) in [4.78, 5) is 32.4. The van der Waals surface area contributed by atoms with Crippen molar-refractivity contribution in [2.45, 2.75) is 85.2 Å². The Morgan fingerprint density at radius 1 is 1.35 bits per heavy atom. The zero-order valence-electron chi connectivity index (χ0n) is 19.4. The Bertz CT molecular complexity index is 861. The molecule has 0 saturated heterocycles. The van der Waals surface area contributed by atoms with Crippen LogP contribution >= 0.6 is 0 Å². The number of carboxylic acid groups (broad SMARTS) is 1. The lowest BCUT2D eigenvalue weighted by molar-refractivity contribution is -0.173. The van der Waals surface area contributed by atoms with Crippen LogP contribution in [-0.2, 0) is 14.4 Å². The molecule has 1 aliphatic heterocycles. The molecule has 5 heteroatoms. The summed E-state index contributed by atoms with van der Waals surface area (Å²) in [6, 6.07) is 0. The molecule has 1 N–H and O–H groups in total. The van der Waals surface area contributed by atoms with Crippen molar-refractivity contribution < 1.29 is 19.5 Å². The molecule has 3 saturated carbocycles. The molecule has 3 fully saturated rings. The van der Waals surface area contributed by atoms with Crippen LogP contribution < -0.4 is 0 Å². The van der Waals surface area contributed by atoms with Crippen molar-refractivity contribution in [2.24, 2.45) is 51.0 Å². The average molecular weight is 428 g/mol. The van der Waals surface area contributed by atoms with Gasteiger partial charge in [-0.2, -0.15) is 0 Å². The summed E-state index contributed by atoms with van der Waals surface area (Å²) >= 11 is 0. The predicted molar refractivity (Wildman–Crippen MR) is 118 cm³/mol. The Morgan fingerprint density at radius 3 is 2.77 bits per heavy atom. The van der Waals surface area contributed by atoms with Gasteiger partial charge < -0.3 is 14.7 Å². The Morgan fingerprint density at radius 2 is 2.13 bits per heavy atom. The zero-order valence-corrected chi connectivity index (χ0v) is 19.4. The minimum Gasteiger partial charge on any atom is -0.481 e. The summed E-state index contributed by atoms with van der Waals surface area (Å²) in [5.74, 6) is 0.423. The third kappa shape index (κ3) is 2.26. The van der Waals surface area contributed by atoms with Gasteiger partial charge in [0.1, 0.15) is 17.8 Å². The number of hydrogen-bond donors (Lipinski definition) is 1. The number of aldehydes is 1. The molecule has 5 rings (SSSR count). The molecule has 31 heavy (non-hydrogen) atoms. The Balaban J connectivity index is 1.70. The molecule has 4 unspecified atom stereocenters. The summed E-state index contributed by atoms with van der Waals surface area (Å²) in [5, 5.41) is 15.7. The first kappa shape index (κ1) is 21.2. The number of unbranched alkanes of at least 4 members (excludes halogenated alkanes) is 1. The van der Waals surface area contributed by atoms with Crippen molar-refractivity contribution in [1.82, 2.24) is 0 Å². The van der Waals surface area contributed by atoms with Gasteiger partial charge in [0.25, 0.3) is 0 Å². The molecule has 0 spiro atoms. The first-order valence-electron chi connectivity index (χ1n) is 12.4. The number of rotatable bonds is 7. The van der Waals surface area contributed by atoms with E-state index in [2.05, 4.69) is 38.9 Å². The van der Waals surface area contributed by atoms with Crippen molar-refractivity contribution in [3.8, 4) is 0 Å². The Kier molecular flexibility index (Phi) is 4.74. The van der Waals surface area contributed by atoms with Crippen molar-refractivity contribution >= 4 is 18.0 Å². The maximum atomic E-state index is 13.5. The summed E-state index contributed by atoms with van der Waals surface area (Å²) < 4.78 is 0. The summed E-state index contributed by atoms with van der Waals surface area (Å²) in [7, 11) is 0. The molecule has 0 amide bonds. The first-order chi connectivity index (χ1) is 14.8. The lowest BCUT2D eigenvalue weighted by atomic mass is 9.41. The maximum absolute atomic E-state index is 13.5. The van der Waals surface area contributed by atoms with E-state index in [1.807, 2.05) is 0 Å². The second-order valence-corrected chi connectivity index (χ2v) is 11.4. The van der Waals surface area contributed by atoms with Crippen LogP contribution in [0.5, 0.6) is 0 Å². The fourth-order valence-corrected chi connectivity index (χ4v) is 9.00. The third-order valence-electron chi connectivity index (χ3n) is 10.1. The molecule has 0 aromatic rings. The molecule has 4 aliphatic carbocycles. The van der Waals surface area contributed by atoms with Crippen molar-refractivity contribution in [3.05, 3.63) is 11.6 Å². The normalized spacial score (nSPS) is 47.2. The number of fused-ring (bicyclic) bond motifs is 2. The monoisotopic (exact) mass is 427 g/mol. The first-order valence-corrected chi connectivity index (χ1v) is 12.4. The number of allylic oxidation sites excluding steroid dienone is 1. The van der Waals surface area contributed by atoms with Gasteiger partial charge in [-0.3, -0.25) is 4.79 Å². The van der Waals surface area contributed by atoms with Crippen LogP contribution in [0.4, 0.5) is 0 Å². The van der Waals surface area contributed by atoms with Gasteiger partial charge in [0.2, 0.25) is 0 Å². The van der Waals surface area contributed by atoms with Crippen LogP contribution in [0.2, 0.25) is 0 Å². The van der Waals surface area contributed by atoms with Gasteiger partial charge in [0.05, 0.1) is 11.1 Å². The van der Waals surface area contributed by atoms with Gasteiger partial charge in [-0.05, 0) is 61.7 Å². The number of aliphatic carboxylic acids is 1. The molecule has 1 heterocycles. The summed E-state index contributed by atoms with van der Waals surface area (Å²) in [6.45, 7) is 8.65. The van der Waals surface area contributed by atoms with Gasteiger partial charge in [0, 0.05) is 11.8 Å². The highest BCUT2D eigenvalue weighted by Gasteiger charge is 2.85. The average Bonchev–Trinajstić information content (AvgIpc) is 3.46. The van der Waals surface area contributed by atoms with Crippen molar-refractivity contribution in [2.75, 3.05) is 0 Å². The van der Waals surface area contributed by atoms with E-state index in [0.29, 0.717) is 24.7 Å². The minimum absolute atomic E-state index is 0.0435. The van der Waals surface area contributed by atoms with E-state index < -0.39 is 22.2 Å². The van der Waals surface area contributed by atoms with Gasteiger partial charge in [-0.15, -0.1) is 0 Å². The molecular formula is C26H37NO4.